The van der Waals surface area contributed by atoms with Gasteiger partial charge in [0.1, 0.15) is 11.5 Å². The lowest BCUT2D eigenvalue weighted by molar-refractivity contribution is -0.166. The summed E-state index contributed by atoms with van der Waals surface area (Å²) in [7, 11) is 3.45. The third-order valence-electron chi connectivity index (χ3n) is 7.92. The van der Waals surface area contributed by atoms with Gasteiger partial charge in [0.05, 0.1) is 19.8 Å². The summed E-state index contributed by atoms with van der Waals surface area (Å²) in [4.78, 5) is 0. The predicted molar refractivity (Wildman–Crippen MR) is 111 cm³/mol. The molecule has 1 aromatic carbocycles. The average Bonchev–Trinajstić information content (AvgIpc) is 2.57. The Labute approximate surface area is 165 Å². The summed E-state index contributed by atoms with van der Waals surface area (Å²) in [6, 6.07) is 4.17. The first-order chi connectivity index (χ1) is 12.5. The van der Waals surface area contributed by atoms with Crippen LogP contribution < -0.4 is 9.47 Å². The maximum Gasteiger partial charge on any atom is 0.126 e. The molecule has 1 N–H and O–H groups in total. The second-order valence-electron chi connectivity index (χ2n) is 10.2. The van der Waals surface area contributed by atoms with Gasteiger partial charge in [-0.1, -0.05) is 27.2 Å². The molecule has 1 aromatic rings. The Morgan fingerprint density at radius 2 is 1.59 bits per heavy atom. The van der Waals surface area contributed by atoms with Gasteiger partial charge in [0.15, 0.2) is 0 Å². The van der Waals surface area contributed by atoms with Crippen molar-refractivity contribution in [2.24, 2.45) is 22.7 Å². The van der Waals surface area contributed by atoms with Gasteiger partial charge in [0.2, 0.25) is 0 Å². The van der Waals surface area contributed by atoms with Gasteiger partial charge in [-0.15, -0.1) is 0 Å². The molecule has 0 unspecified atom stereocenters. The Bertz CT molecular complexity index is 666. The fraction of sp³-hybridized carbons (Fsp3) is 0.750. The van der Waals surface area contributed by atoms with Crippen LogP contribution in [0.5, 0.6) is 11.5 Å². The van der Waals surface area contributed by atoms with Crippen LogP contribution in [-0.4, -0.2) is 24.9 Å². The van der Waals surface area contributed by atoms with Gasteiger partial charge in [-0.3, -0.25) is 0 Å². The number of ether oxygens (including phenoxy) is 2. The summed E-state index contributed by atoms with van der Waals surface area (Å²) in [6.07, 6.45) is 6.52. The SMILES string of the molecule is COc1cc(C)cc(OC)c1C[C@@H]1[C@@]2(C)CCCC(C)(C)[C@@H]2CC[C@@]1(C)O. The quantitative estimate of drug-likeness (QED) is 0.751. The second-order valence-corrected chi connectivity index (χ2v) is 10.2. The zero-order valence-electron chi connectivity index (χ0n) is 18.3. The van der Waals surface area contributed by atoms with Gasteiger partial charge < -0.3 is 14.6 Å². The number of aliphatic hydroxyl groups is 1. The molecule has 4 atom stereocenters. The van der Waals surface area contributed by atoms with E-state index in [1.165, 1.54) is 19.3 Å². The zero-order valence-corrected chi connectivity index (χ0v) is 18.3. The molecule has 2 aliphatic rings. The van der Waals surface area contributed by atoms with Crippen LogP contribution in [0.15, 0.2) is 12.1 Å². The first-order valence-electron chi connectivity index (χ1n) is 10.5. The molecular weight excluding hydrogens is 336 g/mol. The molecule has 2 fully saturated rings. The molecule has 152 valence electrons. The molecule has 0 radical (unpaired) electrons. The summed E-state index contributed by atoms with van der Waals surface area (Å²) in [5, 5.41) is 11.5. The normalized spacial score (nSPS) is 35.4. The van der Waals surface area contributed by atoms with E-state index in [1.807, 2.05) is 6.92 Å². The lowest BCUT2D eigenvalue weighted by Gasteiger charge is -2.61. The van der Waals surface area contributed by atoms with Crippen LogP contribution in [0.2, 0.25) is 0 Å². The third-order valence-corrected chi connectivity index (χ3v) is 7.92. The maximum atomic E-state index is 11.5. The Hall–Kier alpha value is -1.22. The second kappa shape index (κ2) is 6.99. The van der Waals surface area contributed by atoms with Crippen molar-refractivity contribution >= 4 is 0 Å². The monoisotopic (exact) mass is 374 g/mol. The standard InChI is InChI=1S/C24H38O3/c1-16-13-18(26-6)17(19(14-16)27-7)15-21-23(4)11-8-10-22(2,3)20(23)9-12-24(21,5)25/h13-14,20-21,25H,8-12,15H2,1-7H3/t20-,21+,23-,24+/m0/s1. The molecule has 0 aromatic heterocycles. The Balaban J connectivity index is 2.06. The van der Waals surface area contributed by atoms with Crippen molar-refractivity contribution in [2.45, 2.75) is 78.7 Å². The highest BCUT2D eigenvalue weighted by Gasteiger charge is 2.58. The van der Waals surface area contributed by atoms with Gasteiger partial charge in [-0.05, 0) is 86.3 Å². The van der Waals surface area contributed by atoms with E-state index in [0.717, 1.165) is 41.9 Å². The molecule has 0 amide bonds. The third kappa shape index (κ3) is 3.48. The molecule has 0 aliphatic heterocycles. The van der Waals surface area contributed by atoms with Crippen LogP contribution in [-0.2, 0) is 6.42 Å². The van der Waals surface area contributed by atoms with E-state index in [0.29, 0.717) is 11.3 Å². The molecule has 2 aliphatic carbocycles. The van der Waals surface area contributed by atoms with Crippen molar-refractivity contribution in [1.82, 2.24) is 0 Å². The van der Waals surface area contributed by atoms with E-state index in [-0.39, 0.29) is 11.3 Å². The number of fused-ring (bicyclic) bond motifs is 1. The summed E-state index contributed by atoms with van der Waals surface area (Å²) in [6.45, 7) is 11.4. The van der Waals surface area contributed by atoms with Gasteiger partial charge in [-0.25, -0.2) is 0 Å². The highest BCUT2D eigenvalue weighted by atomic mass is 16.5. The van der Waals surface area contributed by atoms with E-state index >= 15 is 0 Å². The van der Waals surface area contributed by atoms with E-state index in [1.54, 1.807) is 14.2 Å². The lowest BCUT2D eigenvalue weighted by Crippen LogP contribution is -2.58. The Morgan fingerprint density at radius 3 is 2.15 bits per heavy atom. The fourth-order valence-corrected chi connectivity index (χ4v) is 6.60. The van der Waals surface area contributed by atoms with Crippen molar-refractivity contribution in [3.63, 3.8) is 0 Å². The summed E-state index contributed by atoms with van der Waals surface area (Å²) in [5.74, 6) is 2.59. The average molecular weight is 375 g/mol. The smallest absolute Gasteiger partial charge is 0.126 e. The molecule has 0 heterocycles. The van der Waals surface area contributed by atoms with Crippen molar-refractivity contribution in [3.8, 4) is 11.5 Å². The number of hydrogen-bond acceptors (Lipinski definition) is 3. The van der Waals surface area contributed by atoms with Crippen molar-refractivity contribution < 1.29 is 14.6 Å². The molecular formula is C24H38O3. The van der Waals surface area contributed by atoms with Crippen molar-refractivity contribution in [1.29, 1.82) is 0 Å². The number of hydrogen-bond donors (Lipinski definition) is 1. The minimum absolute atomic E-state index is 0.129. The summed E-state index contributed by atoms with van der Waals surface area (Å²) >= 11 is 0. The number of methoxy groups -OCH3 is 2. The molecule has 27 heavy (non-hydrogen) atoms. The highest BCUT2D eigenvalue weighted by molar-refractivity contribution is 5.48. The number of aryl methyl sites for hydroxylation is 1. The van der Waals surface area contributed by atoms with E-state index in [2.05, 4.69) is 39.8 Å². The van der Waals surface area contributed by atoms with Gasteiger partial charge in [0, 0.05) is 5.56 Å². The van der Waals surface area contributed by atoms with Crippen LogP contribution in [0.25, 0.3) is 0 Å². The fourth-order valence-electron chi connectivity index (χ4n) is 6.60. The summed E-state index contributed by atoms with van der Waals surface area (Å²) < 4.78 is 11.5. The van der Waals surface area contributed by atoms with E-state index in [4.69, 9.17) is 9.47 Å². The molecule has 0 saturated heterocycles. The molecule has 0 bridgehead atoms. The van der Waals surface area contributed by atoms with E-state index in [9.17, 15) is 5.11 Å². The minimum Gasteiger partial charge on any atom is -0.496 e. The maximum absolute atomic E-state index is 11.5. The number of benzene rings is 1. The van der Waals surface area contributed by atoms with Crippen LogP contribution >= 0.6 is 0 Å². The van der Waals surface area contributed by atoms with Gasteiger partial charge in [0.25, 0.3) is 0 Å². The Kier molecular flexibility index (Phi) is 5.31. The van der Waals surface area contributed by atoms with Crippen LogP contribution in [0, 0.1) is 29.6 Å². The van der Waals surface area contributed by atoms with Gasteiger partial charge >= 0.3 is 0 Å². The first-order valence-corrected chi connectivity index (χ1v) is 10.5. The predicted octanol–water partition coefficient (Wildman–Crippen LogP) is 5.55. The minimum atomic E-state index is -0.667. The van der Waals surface area contributed by atoms with Crippen molar-refractivity contribution in [3.05, 3.63) is 23.3 Å². The molecule has 3 nitrogen and oxygen atoms in total. The topological polar surface area (TPSA) is 38.7 Å². The first kappa shape index (κ1) is 20.5. The molecule has 0 spiro atoms. The largest absolute Gasteiger partial charge is 0.496 e. The Morgan fingerprint density at radius 1 is 1.00 bits per heavy atom. The summed E-state index contributed by atoms with van der Waals surface area (Å²) in [5.41, 5.74) is 2.03. The van der Waals surface area contributed by atoms with Crippen LogP contribution in [0.1, 0.15) is 70.9 Å². The van der Waals surface area contributed by atoms with Crippen molar-refractivity contribution in [2.75, 3.05) is 14.2 Å². The lowest BCUT2D eigenvalue weighted by atomic mass is 9.45. The number of rotatable bonds is 4. The van der Waals surface area contributed by atoms with Gasteiger partial charge in [-0.2, -0.15) is 0 Å². The molecule has 3 heteroatoms. The highest BCUT2D eigenvalue weighted by Crippen LogP contribution is 2.63. The van der Waals surface area contributed by atoms with Crippen LogP contribution in [0.4, 0.5) is 0 Å². The molecule has 3 rings (SSSR count). The molecule has 2 saturated carbocycles. The zero-order chi connectivity index (χ0) is 20.0. The van der Waals surface area contributed by atoms with E-state index < -0.39 is 5.60 Å². The van der Waals surface area contributed by atoms with Crippen LogP contribution in [0.3, 0.4) is 0 Å².